The van der Waals surface area contributed by atoms with Gasteiger partial charge < -0.3 is 5.43 Å². The fourth-order valence-electron chi connectivity index (χ4n) is 1.33. The van der Waals surface area contributed by atoms with Crippen LogP contribution in [-0.4, -0.2) is 9.97 Å². The second-order valence-corrected chi connectivity index (χ2v) is 5.15. The topological polar surface area (TPSA) is 63.8 Å². The van der Waals surface area contributed by atoms with Crippen molar-refractivity contribution in [3.8, 4) is 0 Å². The van der Waals surface area contributed by atoms with Gasteiger partial charge in [0.15, 0.2) is 0 Å². The number of halogens is 4. The summed E-state index contributed by atoms with van der Waals surface area (Å²) in [7, 11) is 0. The van der Waals surface area contributed by atoms with Crippen LogP contribution >= 0.6 is 23.4 Å². The summed E-state index contributed by atoms with van der Waals surface area (Å²) >= 11 is 6.85. The number of nitrogens with zero attached hydrogens (tertiary/aromatic N) is 2. The normalized spacial score (nSPS) is 11.4. The molecule has 1 aromatic carbocycles. The van der Waals surface area contributed by atoms with Crippen LogP contribution in [0.2, 0.25) is 5.02 Å². The predicted octanol–water partition coefficient (Wildman–Crippen LogP) is 3.59. The lowest BCUT2D eigenvalue weighted by molar-refractivity contribution is -0.145. The number of hydrogen-bond donors (Lipinski definition) is 2. The maximum Gasteiger partial charge on any atom is 0.451 e. The molecule has 0 unspecified atom stereocenters. The van der Waals surface area contributed by atoms with Crippen molar-refractivity contribution < 1.29 is 13.2 Å². The summed E-state index contributed by atoms with van der Waals surface area (Å²) in [4.78, 5) is 7.40. The summed E-state index contributed by atoms with van der Waals surface area (Å²) in [6, 6.07) is 8.01. The number of benzene rings is 1. The van der Waals surface area contributed by atoms with E-state index in [-0.39, 0.29) is 10.8 Å². The molecule has 0 spiro atoms. The van der Waals surface area contributed by atoms with Crippen molar-refractivity contribution in [3.05, 3.63) is 41.2 Å². The fourth-order valence-corrected chi connectivity index (χ4v) is 2.46. The molecule has 3 N–H and O–H groups in total. The molecule has 9 heteroatoms. The molecule has 0 radical (unpaired) electrons. The molecule has 4 nitrogen and oxygen atoms in total. The fraction of sp³-hybridized carbons (Fsp3) is 0.0909. The Bertz CT molecular complexity index is 621. The van der Waals surface area contributed by atoms with E-state index in [1.807, 2.05) is 0 Å². The minimum Gasteiger partial charge on any atom is -0.308 e. The third kappa shape index (κ3) is 3.75. The van der Waals surface area contributed by atoms with E-state index in [4.69, 9.17) is 17.4 Å². The zero-order chi connectivity index (χ0) is 14.8. The van der Waals surface area contributed by atoms with Gasteiger partial charge in [-0.15, -0.1) is 0 Å². The number of alkyl halides is 3. The Balaban J connectivity index is 2.36. The van der Waals surface area contributed by atoms with Gasteiger partial charge in [-0.25, -0.2) is 15.8 Å². The van der Waals surface area contributed by atoms with Crippen LogP contribution in [0.3, 0.4) is 0 Å². The molecule has 0 aliphatic rings. The van der Waals surface area contributed by atoms with Crippen molar-refractivity contribution >= 4 is 29.2 Å². The molecule has 0 saturated carbocycles. The summed E-state index contributed by atoms with van der Waals surface area (Å²) in [6.45, 7) is 0. The van der Waals surface area contributed by atoms with Gasteiger partial charge in [-0.3, -0.25) is 0 Å². The minimum atomic E-state index is -4.64. The highest BCUT2D eigenvalue weighted by molar-refractivity contribution is 7.99. The molecule has 106 valence electrons. The molecule has 2 rings (SSSR count). The maximum atomic E-state index is 12.7. The van der Waals surface area contributed by atoms with Gasteiger partial charge in [0.2, 0.25) is 5.82 Å². The molecule has 0 fully saturated rings. The Kier molecular flexibility index (Phi) is 4.36. The molecule has 20 heavy (non-hydrogen) atoms. The zero-order valence-corrected chi connectivity index (χ0v) is 11.4. The van der Waals surface area contributed by atoms with Gasteiger partial charge in [-0.1, -0.05) is 29.4 Å². The van der Waals surface area contributed by atoms with Gasteiger partial charge in [-0.05, 0) is 18.2 Å². The Morgan fingerprint density at radius 1 is 1.20 bits per heavy atom. The standard InChI is InChI=1S/C11H8ClF3N4S/c12-6-2-1-3-7(4-6)20-9-5-8(19-16)17-10(18-9)11(13,14)15/h1-5H,16H2,(H,17,18,19). The summed E-state index contributed by atoms with van der Waals surface area (Å²) < 4.78 is 38.0. The van der Waals surface area contributed by atoms with Crippen molar-refractivity contribution in [2.45, 2.75) is 16.1 Å². The molecule has 1 heterocycles. The lowest BCUT2D eigenvalue weighted by Gasteiger charge is -2.09. The maximum absolute atomic E-state index is 12.7. The van der Waals surface area contributed by atoms with Crippen LogP contribution in [-0.2, 0) is 6.18 Å². The van der Waals surface area contributed by atoms with Crippen LogP contribution in [0.5, 0.6) is 0 Å². The molecule has 0 bridgehead atoms. The number of nitrogens with two attached hydrogens (primary N) is 1. The third-order valence-electron chi connectivity index (χ3n) is 2.12. The monoisotopic (exact) mass is 320 g/mol. The molecule has 0 atom stereocenters. The second-order valence-electron chi connectivity index (χ2n) is 3.62. The van der Waals surface area contributed by atoms with Crippen LogP contribution in [0.15, 0.2) is 40.3 Å². The van der Waals surface area contributed by atoms with Crippen LogP contribution < -0.4 is 11.3 Å². The molecule has 1 aromatic heterocycles. The van der Waals surface area contributed by atoms with Crippen molar-refractivity contribution in [2.75, 3.05) is 5.43 Å². The average Bonchev–Trinajstić information content (AvgIpc) is 2.37. The van der Waals surface area contributed by atoms with Crippen molar-refractivity contribution in [3.63, 3.8) is 0 Å². The summed E-state index contributed by atoms with van der Waals surface area (Å²) in [5.41, 5.74) is 2.09. The van der Waals surface area contributed by atoms with E-state index in [0.717, 1.165) is 11.8 Å². The van der Waals surface area contributed by atoms with Crippen molar-refractivity contribution in [2.24, 2.45) is 5.84 Å². The van der Waals surface area contributed by atoms with E-state index in [0.29, 0.717) is 9.92 Å². The van der Waals surface area contributed by atoms with Crippen molar-refractivity contribution in [1.29, 1.82) is 0 Å². The van der Waals surface area contributed by atoms with E-state index in [2.05, 4.69) is 15.4 Å². The molecule has 2 aromatic rings. The van der Waals surface area contributed by atoms with E-state index in [9.17, 15) is 13.2 Å². The number of aromatic nitrogens is 2. The first-order valence-electron chi connectivity index (χ1n) is 5.25. The number of nitrogens with one attached hydrogen (secondary N) is 1. The summed E-state index contributed by atoms with van der Waals surface area (Å²) in [6.07, 6.45) is -4.64. The lowest BCUT2D eigenvalue weighted by atomic mass is 10.4. The van der Waals surface area contributed by atoms with Gasteiger partial charge >= 0.3 is 6.18 Å². The van der Waals surface area contributed by atoms with Crippen molar-refractivity contribution in [1.82, 2.24) is 9.97 Å². The zero-order valence-electron chi connectivity index (χ0n) is 9.78. The molecule has 0 aliphatic carbocycles. The molecule has 0 aliphatic heterocycles. The highest BCUT2D eigenvalue weighted by Crippen LogP contribution is 2.32. The minimum absolute atomic E-state index is 0.113. The Labute approximate surface area is 121 Å². The predicted molar refractivity (Wildman–Crippen MR) is 70.4 cm³/mol. The van der Waals surface area contributed by atoms with E-state index in [1.165, 1.54) is 6.07 Å². The average molecular weight is 321 g/mol. The van der Waals surface area contributed by atoms with Gasteiger partial charge in [0.05, 0.1) is 0 Å². The van der Waals surface area contributed by atoms with E-state index < -0.39 is 12.0 Å². The molecular weight excluding hydrogens is 313 g/mol. The number of anilines is 1. The highest BCUT2D eigenvalue weighted by Gasteiger charge is 2.35. The number of hydrazine groups is 1. The summed E-state index contributed by atoms with van der Waals surface area (Å²) in [5.74, 6) is 3.74. The number of rotatable bonds is 3. The largest absolute Gasteiger partial charge is 0.451 e. The highest BCUT2D eigenvalue weighted by atomic mass is 35.5. The number of hydrogen-bond acceptors (Lipinski definition) is 5. The first-order chi connectivity index (χ1) is 9.38. The van der Waals surface area contributed by atoms with Gasteiger partial charge in [-0.2, -0.15) is 13.2 Å². The second kappa shape index (κ2) is 5.86. The molecule has 0 amide bonds. The van der Waals surface area contributed by atoms with Crippen LogP contribution in [0.4, 0.5) is 19.0 Å². The Morgan fingerprint density at radius 2 is 1.95 bits per heavy atom. The SMILES string of the molecule is NNc1cc(Sc2cccc(Cl)c2)nc(C(F)(F)F)n1. The van der Waals surface area contributed by atoms with Crippen LogP contribution in [0, 0.1) is 0 Å². The smallest absolute Gasteiger partial charge is 0.308 e. The van der Waals surface area contributed by atoms with Crippen LogP contribution in [0.25, 0.3) is 0 Å². The molecular formula is C11H8ClF3N4S. The Hall–Kier alpha value is -1.51. The van der Waals surface area contributed by atoms with Crippen LogP contribution in [0.1, 0.15) is 5.82 Å². The number of nitrogen functional groups attached to an aromatic ring is 1. The van der Waals surface area contributed by atoms with Gasteiger partial charge in [0.25, 0.3) is 0 Å². The first-order valence-corrected chi connectivity index (χ1v) is 6.44. The third-order valence-corrected chi connectivity index (χ3v) is 3.27. The summed E-state index contributed by atoms with van der Waals surface area (Å²) in [5, 5.41) is 0.597. The Morgan fingerprint density at radius 3 is 2.55 bits per heavy atom. The first kappa shape index (κ1) is 14.9. The molecule has 0 saturated heterocycles. The van der Waals surface area contributed by atoms with Gasteiger partial charge in [0, 0.05) is 16.0 Å². The van der Waals surface area contributed by atoms with Gasteiger partial charge in [0.1, 0.15) is 10.8 Å². The van der Waals surface area contributed by atoms with E-state index >= 15 is 0 Å². The van der Waals surface area contributed by atoms with E-state index in [1.54, 1.807) is 24.3 Å². The lowest BCUT2D eigenvalue weighted by Crippen LogP contribution is -2.16. The quantitative estimate of drug-likeness (QED) is 0.514.